The maximum atomic E-state index is 13.3. The summed E-state index contributed by atoms with van der Waals surface area (Å²) >= 11 is 1.59. The first-order chi connectivity index (χ1) is 13.6. The summed E-state index contributed by atoms with van der Waals surface area (Å²) in [6.07, 6.45) is 1.54. The molecule has 0 spiro atoms. The van der Waals surface area contributed by atoms with Gasteiger partial charge in [0.05, 0.1) is 18.2 Å². The van der Waals surface area contributed by atoms with Gasteiger partial charge in [-0.25, -0.2) is 9.07 Å². The molecule has 2 aromatic heterocycles. The number of nitrogens with zero attached hydrogens (tertiary/aromatic N) is 3. The number of amides is 1. The quantitative estimate of drug-likeness (QED) is 0.677. The number of piperidine rings is 1. The van der Waals surface area contributed by atoms with E-state index in [2.05, 4.69) is 5.10 Å². The Hall–Kier alpha value is -2.80. The highest BCUT2D eigenvalue weighted by Crippen LogP contribution is 2.23. The number of halogens is 1. The monoisotopic (exact) mass is 397 g/mol. The lowest BCUT2D eigenvalue weighted by Crippen LogP contribution is -2.42. The summed E-state index contributed by atoms with van der Waals surface area (Å²) in [5, 5.41) is 8.54. The average molecular weight is 397 g/mol. The van der Waals surface area contributed by atoms with Gasteiger partial charge in [0, 0.05) is 30.1 Å². The zero-order chi connectivity index (χ0) is 19.5. The largest absolute Gasteiger partial charge is 0.342 e. The molecule has 1 saturated heterocycles. The van der Waals surface area contributed by atoms with E-state index < -0.39 is 0 Å². The Morgan fingerprint density at radius 3 is 2.71 bits per heavy atom. The topological polar surface area (TPSA) is 55.2 Å². The van der Waals surface area contributed by atoms with Crippen LogP contribution < -0.4 is 5.56 Å². The molecule has 3 aromatic rings. The van der Waals surface area contributed by atoms with Crippen molar-refractivity contribution in [1.29, 1.82) is 0 Å². The number of thiophene rings is 1. The highest BCUT2D eigenvalue weighted by Gasteiger charge is 2.25. The molecule has 0 unspecified atom stereocenters. The Balaban J connectivity index is 1.42. The van der Waals surface area contributed by atoms with Crippen molar-refractivity contribution in [3.63, 3.8) is 0 Å². The number of carbonyl (C=O) groups is 1. The highest BCUT2D eigenvalue weighted by molar-refractivity contribution is 7.08. The Labute approximate surface area is 166 Å². The van der Waals surface area contributed by atoms with Crippen molar-refractivity contribution in [2.24, 2.45) is 0 Å². The van der Waals surface area contributed by atoms with Crippen LogP contribution in [0.15, 0.2) is 58.0 Å². The summed E-state index contributed by atoms with van der Waals surface area (Å²) in [5.41, 5.74) is 2.34. The van der Waals surface area contributed by atoms with Crippen molar-refractivity contribution in [1.82, 2.24) is 14.7 Å². The standard InChI is InChI=1S/C21H20FN3O2S/c22-17-3-1-2-15(12-17)13-21(27)24-9-6-18(7-10-24)25-20(26)5-4-19(23-25)16-8-11-28-14-16/h1-5,8,11-12,14,18H,6-7,9-10,13H2. The van der Waals surface area contributed by atoms with Gasteiger partial charge in [-0.3, -0.25) is 9.59 Å². The third-order valence-electron chi connectivity index (χ3n) is 5.05. The molecule has 5 nitrogen and oxygen atoms in total. The molecule has 0 saturated carbocycles. The molecule has 0 aliphatic carbocycles. The summed E-state index contributed by atoms with van der Waals surface area (Å²) in [5.74, 6) is -0.351. The lowest BCUT2D eigenvalue weighted by molar-refractivity contribution is -0.131. The summed E-state index contributed by atoms with van der Waals surface area (Å²) in [6, 6.07) is 11.4. The van der Waals surface area contributed by atoms with Crippen molar-refractivity contribution in [3.05, 3.63) is 75.0 Å². The molecule has 1 amide bonds. The Morgan fingerprint density at radius 1 is 1.18 bits per heavy atom. The highest BCUT2D eigenvalue weighted by atomic mass is 32.1. The lowest BCUT2D eigenvalue weighted by Gasteiger charge is -2.32. The molecule has 144 valence electrons. The zero-order valence-electron chi connectivity index (χ0n) is 15.3. The summed E-state index contributed by atoms with van der Waals surface area (Å²) < 4.78 is 14.9. The van der Waals surface area contributed by atoms with Crippen LogP contribution in [0.3, 0.4) is 0 Å². The van der Waals surface area contributed by atoms with Gasteiger partial charge in [-0.05, 0) is 48.1 Å². The van der Waals surface area contributed by atoms with Gasteiger partial charge in [0.1, 0.15) is 5.82 Å². The Kier molecular flexibility index (Phi) is 5.34. The summed E-state index contributed by atoms with van der Waals surface area (Å²) in [4.78, 5) is 26.6. The molecule has 1 aliphatic heterocycles. The van der Waals surface area contributed by atoms with Crippen LogP contribution in [0.1, 0.15) is 24.4 Å². The molecular formula is C21H20FN3O2S. The number of carbonyl (C=O) groups excluding carboxylic acids is 1. The number of rotatable bonds is 4. The SMILES string of the molecule is O=C(Cc1cccc(F)c1)N1CCC(n2nc(-c3ccsc3)ccc2=O)CC1. The van der Waals surface area contributed by atoms with Gasteiger partial charge in [-0.15, -0.1) is 0 Å². The number of aromatic nitrogens is 2. The van der Waals surface area contributed by atoms with E-state index in [0.717, 1.165) is 11.3 Å². The van der Waals surface area contributed by atoms with Crippen LogP contribution >= 0.6 is 11.3 Å². The van der Waals surface area contributed by atoms with Crippen molar-refractivity contribution in [2.45, 2.75) is 25.3 Å². The van der Waals surface area contributed by atoms with Gasteiger partial charge in [-0.2, -0.15) is 16.4 Å². The fourth-order valence-corrected chi connectivity index (χ4v) is 4.19. The number of benzene rings is 1. The minimum atomic E-state index is -0.333. The van der Waals surface area contributed by atoms with Crippen LogP contribution in [0.25, 0.3) is 11.3 Å². The van der Waals surface area contributed by atoms with Gasteiger partial charge in [0.15, 0.2) is 0 Å². The first-order valence-corrected chi connectivity index (χ1v) is 10.2. The van der Waals surface area contributed by atoms with Gasteiger partial charge in [0.25, 0.3) is 5.56 Å². The van der Waals surface area contributed by atoms with E-state index in [0.29, 0.717) is 31.5 Å². The van der Waals surface area contributed by atoms with E-state index >= 15 is 0 Å². The van der Waals surface area contributed by atoms with Gasteiger partial charge >= 0.3 is 0 Å². The maximum Gasteiger partial charge on any atom is 0.267 e. The second-order valence-electron chi connectivity index (χ2n) is 6.93. The summed E-state index contributed by atoms with van der Waals surface area (Å²) in [6.45, 7) is 1.13. The molecule has 7 heteroatoms. The van der Waals surface area contributed by atoms with E-state index in [9.17, 15) is 14.0 Å². The van der Waals surface area contributed by atoms with Crippen LogP contribution in [0.4, 0.5) is 4.39 Å². The second-order valence-corrected chi connectivity index (χ2v) is 7.71. The normalized spacial score (nSPS) is 15.0. The summed E-state index contributed by atoms with van der Waals surface area (Å²) in [7, 11) is 0. The van der Waals surface area contributed by atoms with E-state index in [1.807, 2.05) is 16.8 Å². The molecule has 1 aromatic carbocycles. The maximum absolute atomic E-state index is 13.3. The first-order valence-electron chi connectivity index (χ1n) is 9.25. The van der Waals surface area contributed by atoms with Crippen molar-refractivity contribution < 1.29 is 9.18 Å². The van der Waals surface area contributed by atoms with Crippen LogP contribution in [0.5, 0.6) is 0 Å². The fraction of sp³-hybridized carbons (Fsp3) is 0.286. The van der Waals surface area contributed by atoms with Gasteiger partial charge in [0.2, 0.25) is 5.91 Å². The molecule has 3 heterocycles. The zero-order valence-corrected chi connectivity index (χ0v) is 16.1. The van der Waals surface area contributed by atoms with E-state index in [1.165, 1.54) is 12.1 Å². The van der Waals surface area contributed by atoms with E-state index in [-0.39, 0.29) is 29.7 Å². The molecule has 1 fully saturated rings. The van der Waals surface area contributed by atoms with Crippen LogP contribution in [0, 0.1) is 5.82 Å². The molecule has 1 aliphatic rings. The number of likely N-dealkylation sites (tertiary alicyclic amines) is 1. The third kappa shape index (κ3) is 4.04. The van der Waals surface area contributed by atoms with Crippen molar-refractivity contribution >= 4 is 17.2 Å². The molecular weight excluding hydrogens is 377 g/mol. The van der Waals surface area contributed by atoms with E-state index in [1.54, 1.807) is 45.2 Å². The van der Waals surface area contributed by atoms with Crippen molar-refractivity contribution in [2.75, 3.05) is 13.1 Å². The predicted octanol–water partition coefficient (Wildman–Crippen LogP) is 3.52. The Bertz CT molecular complexity index is 1020. The number of hydrogen-bond acceptors (Lipinski definition) is 4. The van der Waals surface area contributed by atoms with Crippen LogP contribution in [-0.4, -0.2) is 33.7 Å². The average Bonchev–Trinajstić information content (AvgIpc) is 3.23. The molecule has 0 N–H and O–H groups in total. The molecule has 0 radical (unpaired) electrons. The number of hydrogen-bond donors (Lipinski definition) is 0. The molecule has 4 rings (SSSR count). The van der Waals surface area contributed by atoms with Crippen LogP contribution in [-0.2, 0) is 11.2 Å². The van der Waals surface area contributed by atoms with Gasteiger partial charge in [-0.1, -0.05) is 12.1 Å². The molecule has 0 atom stereocenters. The van der Waals surface area contributed by atoms with Crippen LogP contribution in [0.2, 0.25) is 0 Å². The lowest BCUT2D eigenvalue weighted by atomic mass is 10.0. The van der Waals surface area contributed by atoms with E-state index in [4.69, 9.17) is 0 Å². The first kappa shape index (κ1) is 18.6. The molecule has 0 bridgehead atoms. The Morgan fingerprint density at radius 2 is 2.00 bits per heavy atom. The fourth-order valence-electron chi connectivity index (χ4n) is 3.54. The predicted molar refractivity (Wildman–Crippen MR) is 107 cm³/mol. The minimum Gasteiger partial charge on any atom is -0.342 e. The third-order valence-corrected chi connectivity index (χ3v) is 5.73. The van der Waals surface area contributed by atoms with Crippen molar-refractivity contribution in [3.8, 4) is 11.3 Å². The molecule has 28 heavy (non-hydrogen) atoms. The second kappa shape index (κ2) is 8.06. The minimum absolute atomic E-state index is 0.0172. The smallest absolute Gasteiger partial charge is 0.267 e. The van der Waals surface area contributed by atoms with Gasteiger partial charge < -0.3 is 4.90 Å².